The lowest BCUT2D eigenvalue weighted by Gasteiger charge is -2.09. The summed E-state index contributed by atoms with van der Waals surface area (Å²) in [4.78, 5) is 12.1. The zero-order valence-corrected chi connectivity index (χ0v) is 11.8. The van der Waals surface area contributed by atoms with Crippen molar-refractivity contribution < 1.29 is 9.53 Å². The van der Waals surface area contributed by atoms with Crippen LogP contribution in [0.15, 0.2) is 42.5 Å². The quantitative estimate of drug-likeness (QED) is 0.682. The summed E-state index contributed by atoms with van der Waals surface area (Å²) in [5.41, 5.74) is 9.81. The fourth-order valence-electron chi connectivity index (χ4n) is 2.06. The SMILES string of the molecule is CCc1ccc(COC(=O)c2c(C)cccc2N)cc1. The Morgan fingerprint density at radius 2 is 1.75 bits per heavy atom. The van der Waals surface area contributed by atoms with Crippen molar-refractivity contribution in [1.82, 2.24) is 0 Å². The molecule has 2 N–H and O–H groups in total. The van der Waals surface area contributed by atoms with E-state index >= 15 is 0 Å². The van der Waals surface area contributed by atoms with Crippen molar-refractivity contribution in [1.29, 1.82) is 0 Å². The first-order valence-electron chi connectivity index (χ1n) is 6.72. The van der Waals surface area contributed by atoms with E-state index in [9.17, 15) is 4.79 Å². The average Bonchev–Trinajstić information content (AvgIpc) is 2.45. The topological polar surface area (TPSA) is 52.3 Å². The molecule has 0 aliphatic rings. The minimum atomic E-state index is -0.375. The van der Waals surface area contributed by atoms with Gasteiger partial charge in [-0.2, -0.15) is 0 Å². The highest BCUT2D eigenvalue weighted by molar-refractivity contribution is 5.96. The van der Waals surface area contributed by atoms with Crippen LogP contribution in [-0.2, 0) is 17.8 Å². The van der Waals surface area contributed by atoms with Gasteiger partial charge in [-0.25, -0.2) is 4.79 Å². The lowest BCUT2D eigenvalue weighted by molar-refractivity contribution is 0.0473. The molecule has 2 rings (SSSR count). The molecule has 20 heavy (non-hydrogen) atoms. The summed E-state index contributed by atoms with van der Waals surface area (Å²) in [5.74, 6) is -0.375. The smallest absolute Gasteiger partial charge is 0.340 e. The summed E-state index contributed by atoms with van der Waals surface area (Å²) >= 11 is 0. The van der Waals surface area contributed by atoms with Crippen molar-refractivity contribution in [2.45, 2.75) is 26.9 Å². The number of ether oxygens (including phenoxy) is 1. The van der Waals surface area contributed by atoms with Crippen LogP contribution in [0.25, 0.3) is 0 Å². The van der Waals surface area contributed by atoms with Crippen LogP contribution >= 0.6 is 0 Å². The van der Waals surface area contributed by atoms with Gasteiger partial charge in [-0.3, -0.25) is 0 Å². The Labute approximate surface area is 119 Å². The van der Waals surface area contributed by atoms with E-state index in [-0.39, 0.29) is 12.6 Å². The molecule has 0 bridgehead atoms. The summed E-state index contributed by atoms with van der Waals surface area (Å²) in [6.45, 7) is 4.22. The zero-order valence-electron chi connectivity index (χ0n) is 11.8. The largest absolute Gasteiger partial charge is 0.457 e. The van der Waals surface area contributed by atoms with Crippen molar-refractivity contribution in [2.24, 2.45) is 0 Å². The molecule has 2 aromatic rings. The Morgan fingerprint density at radius 3 is 2.35 bits per heavy atom. The van der Waals surface area contributed by atoms with Gasteiger partial charge in [0.05, 0.1) is 5.56 Å². The number of hydrogen-bond acceptors (Lipinski definition) is 3. The van der Waals surface area contributed by atoms with Crippen molar-refractivity contribution in [3.05, 3.63) is 64.7 Å². The standard InChI is InChI=1S/C17H19NO2/c1-3-13-7-9-14(10-8-13)11-20-17(19)16-12(2)5-4-6-15(16)18/h4-10H,3,11,18H2,1-2H3. The molecule has 0 saturated carbocycles. The molecule has 0 spiro atoms. The van der Waals surface area contributed by atoms with Crippen LogP contribution in [0.2, 0.25) is 0 Å². The van der Waals surface area contributed by atoms with Gasteiger partial charge in [-0.05, 0) is 36.1 Å². The molecule has 0 amide bonds. The van der Waals surface area contributed by atoms with E-state index in [4.69, 9.17) is 10.5 Å². The van der Waals surface area contributed by atoms with Crippen LogP contribution in [0, 0.1) is 6.92 Å². The van der Waals surface area contributed by atoms with Gasteiger partial charge in [0.25, 0.3) is 0 Å². The third-order valence-electron chi connectivity index (χ3n) is 3.31. The molecule has 104 valence electrons. The average molecular weight is 269 g/mol. The first kappa shape index (κ1) is 14.1. The number of esters is 1. The Hall–Kier alpha value is -2.29. The third-order valence-corrected chi connectivity index (χ3v) is 3.31. The van der Waals surface area contributed by atoms with Gasteiger partial charge >= 0.3 is 5.97 Å². The number of nitrogen functional groups attached to an aromatic ring is 1. The van der Waals surface area contributed by atoms with Gasteiger partial charge in [0, 0.05) is 5.69 Å². The highest BCUT2D eigenvalue weighted by atomic mass is 16.5. The highest BCUT2D eigenvalue weighted by Crippen LogP contribution is 2.18. The molecule has 0 aliphatic heterocycles. The van der Waals surface area contributed by atoms with Gasteiger partial charge in [0.15, 0.2) is 0 Å². The first-order chi connectivity index (χ1) is 9.61. The number of nitrogens with two attached hydrogens (primary N) is 1. The number of benzene rings is 2. The minimum absolute atomic E-state index is 0.261. The Kier molecular flexibility index (Phi) is 4.41. The van der Waals surface area contributed by atoms with Crippen LogP contribution in [0.4, 0.5) is 5.69 Å². The molecule has 0 radical (unpaired) electrons. The maximum atomic E-state index is 12.1. The molecule has 0 aromatic heterocycles. The normalized spacial score (nSPS) is 10.3. The molecule has 0 unspecified atom stereocenters. The lowest BCUT2D eigenvalue weighted by atomic mass is 10.1. The summed E-state index contributed by atoms with van der Waals surface area (Å²) in [6, 6.07) is 13.4. The van der Waals surface area contributed by atoms with Gasteiger partial charge in [-0.1, -0.05) is 43.3 Å². The fraction of sp³-hybridized carbons (Fsp3) is 0.235. The van der Waals surface area contributed by atoms with Crippen molar-refractivity contribution in [3.63, 3.8) is 0 Å². The number of hydrogen-bond donors (Lipinski definition) is 1. The maximum absolute atomic E-state index is 12.1. The predicted molar refractivity (Wildman–Crippen MR) is 80.5 cm³/mol. The number of aryl methyl sites for hydroxylation is 2. The van der Waals surface area contributed by atoms with Crippen LogP contribution in [-0.4, -0.2) is 5.97 Å². The minimum Gasteiger partial charge on any atom is -0.457 e. The molecule has 0 fully saturated rings. The maximum Gasteiger partial charge on any atom is 0.340 e. The van der Waals surface area contributed by atoms with Crippen LogP contribution in [0.5, 0.6) is 0 Å². The number of carbonyl (C=O) groups is 1. The molecule has 2 aromatic carbocycles. The van der Waals surface area contributed by atoms with E-state index in [2.05, 4.69) is 6.92 Å². The van der Waals surface area contributed by atoms with Crippen LogP contribution in [0.1, 0.15) is 34.0 Å². The van der Waals surface area contributed by atoms with E-state index in [0.29, 0.717) is 11.3 Å². The summed E-state index contributed by atoms with van der Waals surface area (Å²) in [5, 5.41) is 0. The molecule has 3 heteroatoms. The zero-order chi connectivity index (χ0) is 14.5. The molecular formula is C17H19NO2. The first-order valence-corrected chi connectivity index (χ1v) is 6.72. The predicted octanol–water partition coefficient (Wildman–Crippen LogP) is 3.50. The van der Waals surface area contributed by atoms with Crippen LogP contribution < -0.4 is 5.73 Å². The molecule has 0 aliphatic carbocycles. The summed E-state index contributed by atoms with van der Waals surface area (Å²) < 4.78 is 5.33. The van der Waals surface area contributed by atoms with E-state index < -0.39 is 0 Å². The summed E-state index contributed by atoms with van der Waals surface area (Å²) in [6.07, 6.45) is 1.000. The molecule has 0 atom stereocenters. The van der Waals surface area contributed by atoms with Gasteiger partial charge < -0.3 is 10.5 Å². The fourth-order valence-corrected chi connectivity index (χ4v) is 2.06. The van der Waals surface area contributed by atoms with Crippen molar-refractivity contribution >= 4 is 11.7 Å². The Bertz CT molecular complexity index is 583. The number of anilines is 1. The van der Waals surface area contributed by atoms with Crippen LogP contribution in [0.3, 0.4) is 0 Å². The van der Waals surface area contributed by atoms with Gasteiger partial charge in [0.2, 0.25) is 0 Å². The van der Waals surface area contributed by atoms with E-state index in [1.54, 1.807) is 6.07 Å². The van der Waals surface area contributed by atoms with Crippen molar-refractivity contribution in [2.75, 3.05) is 5.73 Å². The second-order valence-electron chi connectivity index (χ2n) is 4.79. The summed E-state index contributed by atoms with van der Waals surface area (Å²) in [7, 11) is 0. The monoisotopic (exact) mass is 269 g/mol. The second-order valence-corrected chi connectivity index (χ2v) is 4.79. The lowest BCUT2D eigenvalue weighted by Crippen LogP contribution is -2.10. The molecule has 0 heterocycles. The van der Waals surface area contributed by atoms with Gasteiger partial charge in [-0.15, -0.1) is 0 Å². The van der Waals surface area contributed by atoms with E-state index in [1.165, 1.54) is 5.56 Å². The highest BCUT2D eigenvalue weighted by Gasteiger charge is 2.13. The third kappa shape index (κ3) is 3.18. The molecular weight excluding hydrogens is 250 g/mol. The second kappa shape index (κ2) is 6.24. The number of carbonyl (C=O) groups excluding carboxylic acids is 1. The van der Waals surface area contributed by atoms with Gasteiger partial charge in [0.1, 0.15) is 6.61 Å². The Morgan fingerprint density at radius 1 is 1.10 bits per heavy atom. The molecule has 3 nitrogen and oxygen atoms in total. The molecule has 0 saturated heterocycles. The Balaban J connectivity index is 2.05. The van der Waals surface area contributed by atoms with E-state index in [0.717, 1.165) is 17.5 Å². The van der Waals surface area contributed by atoms with Crippen molar-refractivity contribution in [3.8, 4) is 0 Å². The number of rotatable bonds is 4. The van der Waals surface area contributed by atoms with E-state index in [1.807, 2.05) is 43.3 Å².